The minimum absolute atomic E-state index is 0.106. The van der Waals surface area contributed by atoms with E-state index in [0.717, 1.165) is 10.8 Å². The molecule has 8 aromatic rings. The van der Waals surface area contributed by atoms with Crippen molar-refractivity contribution in [1.29, 1.82) is 0 Å². The summed E-state index contributed by atoms with van der Waals surface area (Å²) in [7, 11) is 0. The van der Waals surface area contributed by atoms with Crippen molar-refractivity contribution in [3.8, 4) is 11.1 Å². The molecule has 0 N–H and O–H groups in total. The highest BCUT2D eigenvalue weighted by Crippen LogP contribution is 2.47. The number of fused-ring (bicyclic) bond motifs is 7. The third kappa shape index (κ3) is 3.69. The zero-order valence-electron chi connectivity index (χ0n) is 26.6. The highest BCUT2D eigenvalue weighted by molar-refractivity contribution is 6.25. The standard InChI is InChI=1S/C36H20F3NO2/c37-22-18-28(38)33(29(39)19-22)21-14-16-24(17-15-21)40(23-8-2-1-3-9-23)30-20-27-25-10-4-6-12-31(25)41-35(27)34-26-11-5-7-13-32(26)42-36(30)34/h1-20H/i1D,2D,3D,8D,9D. The molecule has 42 heavy (non-hydrogen) atoms. The fourth-order valence-corrected chi connectivity index (χ4v) is 5.55. The number of hydrogen-bond acceptors (Lipinski definition) is 3. The molecule has 0 unspecified atom stereocenters. The molecule has 0 bridgehead atoms. The third-order valence-electron chi connectivity index (χ3n) is 7.34. The number of rotatable bonds is 4. The first-order chi connectivity index (χ1) is 22.6. The fourth-order valence-electron chi connectivity index (χ4n) is 5.55. The first-order valence-electron chi connectivity index (χ1n) is 15.5. The van der Waals surface area contributed by atoms with Crippen LogP contribution in [0.5, 0.6) is 0 Å². The summed E-state index contributed by atoms with van der Waals surface area (Å²) in [4.78, 5) is 1.48. The van der Waals surface area contributed by atoms with E-state index in [1.54, 1.807) is 12.1 Å². The second-order valence-electron chi connectivity index (χ2n) is 9.77. The van der Waals surface area contributed by atoms with Crippen LogP contribution >= 0.6 is 0 Å². The van der Waals surface area contributed by atoms with E-state index in [9.17, 15) is 13.2 Å². The number of halogens is 3. The fraction of sp³-hybridized carbons (Fsp3) is 0. The molecular formula is C36H20F3NO2. The quantitative estimate of drug-likeness (QED) is 0.214. The molecule has 6 heteroatoms. The van der Waals surface area contributed by atoms with Gasteiger partial charge < -0.3 is 13.7 Å². The lowest BCUT2D eigenvalue weighted by atomic mass is 10.0. The normalized spacial score (nSPS) is 13.4. The molecule has 2 aromatic heterocycles. The number of nitrogens with zero attached hydrogens (tertiary/aromatic N) is 1. The van der Waals surface area contributed by atoms with Gasteiger partial charge in [0.25, 0.3) is 0 Å². The monoisotopic (exact) mass is 560 g/mol. The number of furan rings is 2. The Labute approximate surface area is 244 Å². The molecule has 0 aliphatic rings. The van der Waals surface area contributed by atoms with Crippen molar-refractivity contribution < 1.29 is 28.9 Å². The summed E-state index contributed by atoms with van der Waals surface area (Å²) in [5.74, 6) is -3.22. The van der Waals surface area contributed by atoms with Crippen molar-refractivity contribution in [2.24, 2.45) is 0 Å². The predicted octanol–water partition coefficient (Wildman–Crippen LogP) is 11.0. The Kier molecular flexibility index (Phi) is 4.32. The van der Waals surface area contributed by atoms with Crippen LogP contribution in [0.25, 0.3) is 55.0 Å². The van der Waals surface area contributed by atoms with Gasteiger partial charge in [0.05, 0.1) is 23.5 Å². The molecule has 2 heterocycles. The molecule has 6 aromatic carbocycles. The number of hydrogen-bond donors (Lipinski definition) is 0. The van der Waals surface area contributed by atoms with Crippen LogP contribution in [0, 0.1) is 17.5 Å². The maximum Gasteiger partial charge on any atom is 0.163 e. The van der Waals surface area contributed by atoms with E-state index in [-0.39, 0.29) is 11.3 Å². The van der Waals surface area contributed by atoms with Gasteiger partial charge in [-0.25, -0.2) is 13.2 Å². The lowest BCUT2D eigenvalue weighted by molar-refractivity contribution is 0.548. The molecule has 0 atom stereocenters. The highest BCUT2D eigenvalue weighted by Gasteiger charge is 2.24. The van der Waals surface area contributed by atoms with Gasteiger partial charge in [0, 0.05) is 39.7 Å². The van der Waals surface area contributed by atoms with Crippen molar-refractivity contribution in [3.05, 3.63) is 139 Å². The van der Waals surface area contributed by atoms with E-state index in [1.807, 2.05) is 42.5 Å². The molecule has 0 aliphatic heterocycles. The maximum absolute atomic E-state index is 14.7. The summed E-state index contributed by atoms with van der Waals surface area (Å²) in [6, 6.07) is 21.0. The van der Waals surface area contributed by atoms with Gasteiger partial charge in [-0.2, -0.15) is 0 Å². The van der Waals surface area contributed by atoms with E-state index in [0.29, 0.717) is 56.6 Å². The first-order valence-corrected chi connectivity index (χ1v) is 13.0. The molecule has 202 valence electrons. The van der Waals surface area contributed by atoms with Gasteiger partial charge in [0.15, 0.2) is 5.58 Å². The molecule has 0 saturated heterocycles. The SMILES string of the molecule is [2H]c1c([2H])c([2H])c(N(c2ccc(-c3c(F)cc(F)cc3F)cc2)c2cc3c4ccccc4oc3c3c2oc2ccccc23)c([2H])c1[2H]. The summed E-state index contributed by atoms with van der Waals surface area (Å²) in [5, 5.41) is 2.84. The summed E-state index contributed by atoms with van der Waals surface area (Å²) in [5.41, 5.74) is 2.16. The second-order valence-corrected chi connectivity index (χ2v) is 9.77. The van der Waals surface area contributed by atoms with Crippen LogP contribution < -0.4 is 4.90 Å². The molecule has 8 rings (SSSR count). The average molecular weight is 561 g/mol. The zero-order valence-corrected chi connectivity index (χ0v) is 21.6. The third-order valence-corrected chi connectivity index (χ3v) is 7.34. The average Bonchev–Trinajstić information content (AvgIpc) is 3.63. The Morgan fingerprint density at radius 3 is 1.93 bits per heavy atom. The van der Waals surface area contributed by atoms with E-state index < -0.39 is 53.2 Å². The van der Waals surface area contributed by atoms with Gasteiger partial charge in [0.2, 0.25) is 0 Å². The van der Waals surface area contributed by atoms with Crippen molar-refractivity contribution in [3.63, 3.8) is 0 Å². The Balaban J connectivity index is 1.48. The second kappa shape index (κ2) is 9.28. The smallest absolute Gasteiger partial charge is 0.163 e. The molecule has 0 amide bonds. The molecule has 0 fully saturated rings. The van der Waals surface area contributed by atoms with E-state index in [2.05, 4.69) is 0 Å². The molecule has 3 nitrogen and oxygen atoms in total. The van der Waals surface area contributed by atoms with Gasteiger partial charge >= 0.3 is 0 Å². The number of benzene rings is 6. The lowest BCUT2D eigenvalue weighted by Crippen LogP contribution is -2.10. The summed E-state index contributed by atoms with van der Waals surface area (Å²) in [6.45, 7) is 0. The predicted molar refractivity (Wildman–Crippen MR) is 161 cm³/mol. The number of anilines is 3. The lowest BCUT2D eigenvalue weighted by Gasteiger charge is -2.26. The molecular weight excluding hydrogens is 535 g/mol. The minimum Gasteiger partial charge on any atom is -0.455 e. The van der Waals surface area contributed by atoms with Crippen LogP contribution in [0.3, 0.4) is 0 Å². The van der Waals surface area contributed by atoms with Crippen LogP contribution in [0.15, 0.2) is 130 Å². The van der Waals surface area contributed by atoms with E-state index >= 15 is 0 Å². The van der Waals surface area contributed by atoms with Crippen LogP contribution in [0.4, 0.5) is 30.2 Å². The van der Waals surface area contributed by atoms with Gasteiger partial charge in [-0.1, -0.05) is 66.7 Å². The first kappa shape index (κ1) is 19.6. The van der Waals surface area contributed by atoms with Gasteiger partial charge in [-0.15, -0.1) is 0 Å². The molecule has 0 radical (unpaired) electrons. The van der Waals surface area contributed by atoms with Crippen molar-refractivity contribution in [2.45, 2.75) is 0 Å². The molecule has 0 spiro atoms. The molecule has 0 saturated carbocycles. The Bertz CT molecular complexity index is 2530. The minimum atomic E-state index is -1.08. The van der Waals surface area contributed by atoms with Crippen LogP contribution in [-0.2, 0) is 0 Å². The van der Waals surface area contributed by atoms with Crippen molar-refractivity contribution in [2.75, 3.05) is 4.90 Å². The van der Waals surface area contributed by atoms with Crippen LogP contribution in [0.1, 0.15) is 6.85 Å². The topological polar surface area (TPSA) is 29.5 Å². The highest BCUT2D eigenvalue weighted by atomic mass is 19.1. The van der Waals surface area contributed by atoms with Gasteiger partial charge in [-0.05, 0) is 48.0 Å². The zero-order chi connectivity index (χ0) is 32.7. The maximum atomic E-state index is 14.7. The Morgan fingerprint density at radius 1 is 0.595 bits per heavy atom. The Morgan fingerprint density at radius 2 is 1.21 bits per heavy atom. The van der Waals surface area contributed by atoms with Crippen LogP contribution in [-0.4, -0.2) is 0 Å². The summed E-state index contributed by atoms with van der Waals surface area (Å²) >= 11 is 0. The number of para-hydroxylation sites is 3. The van der Waals surface area contributed by atoms with Crippen molar-refractivity contribution in [1.82, 2.24) is 0 Å². The molecule has 0 aliphatic carbocycles. The van der Waals surface area contributed by atoms with Crippen molar-refractivity contribution >= 4 is 60.9 Å². The van der Waals surface area contributed by atoms with Crippen LogP contribution in [0.2, 0.25) is 0 Å². The van der Waals surface area contributed by atoms with Gasteiger partial charge in [-0.3, -0.25) is 0 Å². The van der Waals surface area contributed by atoms with Gasteiger partial charge in [0.1, 0.15) is 34.2 Å². The Hall–Kier alpha value is -5.49. The van der Waals surface area contributed by atoms with E-state index in [1.165, 1.54) is 29.2 Å². The summed E-state index contributed by atoms with van der Waals surface area (Å²) in [6.07, 6.45) is 0. The largest absolute Gasteiger partial charge is 0.455 e. The summed E-state index contributed by atoms with van der Waals surface area (Å²) < 4.78 is 98.7. The van der Waals surface area contributed by atoms with E-state index in [4.69, 9.17) is 15.7 Å².